The van der Waals surface area contributed by atoms with Crippen molar-refractivity contribution < 1.29 is 27.5 Å². The molecule has 1 aliphatic heterocycles. The molecule has 10 heteroatoms. The minimum Gasteiger partial charge on any atom is -0.495 e. The van der Waals surface area contributed by atoms with Crippen LogP contribution in [0.4, 0.5) is 11.4 Å². The minimum atomic E-state index is -3.70. The summed E-state index contributed by atoms with van der Waals surface area (Å²) in [4.78, 5) is 26.4. The first-order valence-electron chi connectivity index (χ1n) is 9.10. The summed E-state index contributed by atoms with van der Waals surface area (Å²) < 4.78 is 37.0. The summed E-state index contributed by atoms with van der Waals surface area (Å²) >= 11 is 0. The largest absolute Gasteiger partial charge is 0.495 e. The van der Waals surface area contributed by atoms with E-state index in [9.17, 15) is 18.0 Å². The number of sulfonamides is 1. The number of benzene rings is 2. The molecule has 0 fully saturated rings. The number of anilines is 2. The molecule has 0 saturated heterocycles. The van der Waals surface area contributed by atoms with Crippen LogP contribution in [-0.2, 0) is 19.6 Å². The predicted octanol–water partition coefficient (Wildman–Crippen LogP) is 1.70. The van der Waals surface area contributed by atoms with Crippen molar-refractivity contribution in [3.8, 4) is 11.5 Å². The van der Waals surface area contributed by atoms with Crippen molar-refractivity contribution in [1.82, 2.24) is 4.31 Å². The van der Waals surface area contributed by atoms with E-state index in [0.717, 1.165) is 4.31 Å². The molecule has 0 aliphatic carbocycles. The second-order valence-electron chi connectivity index (χ2n) is 6.84. The van der Waals surface area contributed by atoms with Crippen LogP contribution in [0.3, 0.4) is 0 Å². The highest BCUT2D eigenvalue weighted by Gasteiger charge is 2.33. The Morgan fingerprint density at radius 3 is 2.53 bits per heavy atom. The highest BCUT2D eigenvalue weighted by molar-refractivity contribution is 7.89. The maximum atomic E-state index is 12.9. The Balaban J connectivity index is 1.90. The number of fused-ring (bicyclic) bond motifs is 1. The fourth-order valence-electron chi connectivity index (χ4n) is 3.04. The number of methoxy groups -OCH3 is 1. The molecule has 0 saturated carbocycles. The summed E-state index contributed by atoms with van der Waals surface area (Å²) in [7, 11) is 0.546. The molecule has 1 aliphatic rings. The van der Waals surface area contributed by atoms with Crippen LogP contribution in [-0.4, -0.2) is 58.4 Å². The molecule has 0 bridgehead atoms. The Hall–Kier alpha value is -3.11. The lowest BCUT2D eigenvalue weighted by molar-refractivity contribution is -0.123. The topological polar surface area (TPSA) is 105 Å². The highest BCUT2D eigenvalue weighted by Crippen LogP contribution is 2.34. The summed E-state index contributed by atoms with van der Waals surface area (Å²) in [6, 6.07) is 11.1. The van der Waals surface area contributed by atoms with E-state index in [4.69, 9.17) is 9.47 Å². The first-order valence-corrected chi connectivity index (χ1v) is 10.5. The zero-order chi connectivity index (χ0) is 22.1. The molecule has 30 heavy (non-hydrogen) atoms. The lowest BCUT2D eigenvalue weighted by Gasteiger charge is -2.33. The number of carbonyl (C=O) groups is 2. The first kappa shape index (κ1) is 21.6. The summed E-state index contributed by atoms with van der Waals surface area (Å²) in [5.41, 5.74) is 0.771. The third-order valence-corrected chi connectivity index (χ3v) is 6.46. The Labute approximate surface area is 175 Å². The van der Waals surface area contributed by atoms with Gasteiger partial charge >= 0.3 is 0 Å². The van der Waals surface area contributed by atoms with Crippen molar-refractivity contribution in [2.45, 2.75) is 17.9 Å². The maximum absolute atomic E-state index is 12.9. The predicted molar refractivity (Wildman–Crippen MR) is 111 cm³/mol. The molecule has 3 rings (SSSR count). The third kappa shape index (κ3) is 4.10. The zero-order valence-electron chi connectivity index (χ0n) is 17.1. The summed E-state index contributed by atoms with van der Waals surface area (Å²) in [5, 5.41) is 2.66. The van der Waals surface area contributed by atoms with Crippen LogP contribution in [0.1, 0.15) is 6.92 Å². The van der Waals surface area contributed by atoms with Crippen LogP contribution in [0.5, 0.6) is 11.5 Å². The first-order chi connectivity index (χ1) is 14.1. The van der Waals surface area contributed by atoms with Gasteiger partial charge in [-0.15, -0.1) is 0 Å². The fraction of sp³-hybridized carbons (Fsp3) is 0.300. The van der Waals surface area contributed by atoms with Crippen molar-refractivity contribution in [3.05, 3.63) is 42.5 Å². The van der Waals surface area contributed by atoms with Crippen molar-refractivity contribution in [1.29, 1.82) is 0 Å². The average Bonchev–Trinajstić information content (AvgIpc) is 2.72. The van der Waals surface area contributed by atoms with Crippen molar-refractivity contribution in [3.63, 3.8) is 0 Å². The van der Waals surface area contributed by atoms with E-state index in [2.05, 4.69) is 5.32 Å². The molecule has 0 aromatic heterocycles. The van der Waals surface area contributed by atoms with E-state index in [1.54, 1.807) is 24.3 Å². The zero-order valence-corrected chi connectivity index (χ0v) is 17.9. The van der Waals surface area contributed by atoms with Gasteiger partial charge in [-0.1, -0.05) is 12.1 Å². The summed E-state index contributed by atoms with van der Waals surface area (Å²) in [5.74, 6) is -0.0515. The second-order valence-corrected chi connectivity index (χ2v) is 8.99. The number of para-hydroxylation sites is 2. The molecule has 1 heterocycles. The average molecular weight is 433 g/mol. The molecule has 0 unspecified atom stereocenters. The molecule has 1 N–H and O–H groups in total. The molecular weight excluding hydrogens is 410 g/mol. The number of rotatable bonds is 5. The second kappa shape index (κ2) is 8.33. The fourth-order valence-corrected chi connectivity index (χ4v) is 3.97. The summed E-state index contributed by atoms with van der Waals surface area (Å²) in [6.45, 7) is 1.44. The third-order valence-electron chi connectivity index (χ3n) is 4.65. The number of ether oxygens (including phenoxy) is 2. The monoisotopic (exact) mass is 433 g/mol. The Bertz CT molecular complexity index is 1080. The van der Waals surface area contributed by atoms with E-state index in [0.29, 0.717) is 17.2 Å². The van der Waals surface area contributed by atoms with Crippen LogP contribution in [0.15, 0.2) is 47.4 Å². The van der Waals surface area contributed by atoms with E-state index in [1.165, 1.54) is 51.2 Å². The van der Waals surface area contributed by atoms with Gasteiger partial charge in [-0.2, -0.15) is 0 Å². The van der Waals surface area contributed by atoms with Crippen molar-refractivity contribution in [2.24, 2.45) is 0 Å². The van der Waals surface area contributed by atoms with Gasteiger partial charge in [-0.3, -0.25) is 9.59 Å². The van der Waals surface area contributed by atoms with E-state index >= 15 is 0 Å². The SMILES string of the molecule is COc1ccc(S(=O)(=O)N(C)C)cc1NC(=O)[C@@H]1CN(C(C)=O)c2ccccc2O1. The number of carbonyl (C=O) groups excluding carboxylic acids is 2. The Kier molecular flexibility index (Phi) is 5.99. The van der Waals surface area contributed by atoms with Gasteiger partial charge in [0.05, 0.1) is 29.9 Å². The Morgan fingerprint density at radius 1 is 1.20 bits per heavy atom. The van der Waals surface area contributed by atoms with Crippen LogP contribution in [0, 0.1) is 0 Å². The number of nitrogens with one attached hydrogen (secondary N) is 1. The molecular formula is C20H23N3O6S. The van der Waals surface area contributed by atoms with E-state index < -0.39 is 22.0 Å². The minimum absolute atomic E-state index is 0.00358. The van der Waals surface area contributed by atoms with Gasteiger partial charge in [0, 0.05) is 21.0 Å². The molecule has 2 amide bonds. The molecule has 160 valence electrons. The van der Waals surface area contributed by atoms with Gasteiger partial charge in [-0.05, 0) is 30.3 Å². The van der Waals surface area contributed by atoms with Gasteiger partial charge in [0.15, 0.2) is 6.10 Å². The van der Waals surface area contributed by atoms with Gasteiger partial charge < -0.3 is 19.7 Å². The molecule has 2 aromatic carbocycles. The Morgan fingerprint density at radius 2 is 1.90 bits per heavy atom. The van der Waals surface area contributed by atoms with E-state index in [1.807, 2.05) is 0 Å². The number of hydrogen-bond acceptors (Lipinski definition) is 6. The molecule has 1 atom stereocenters. The summed E-state index contributed by atoms with van der Waals surface area (Å²) in [6.07, 6.45) is -0.984. The standard InChI is InChI=1S/C20H23N3O6S/c1-13(24)23-12-19(29-18-8-6-5-7-16(18)23)20(25)21-15-11-14(9-10-17(15)28-4)30(26,27)22(2)3/h5-11,19H,12H2,1-4H3,(H,21,25)/t19-/m0/s1. The smallest absolute Gasteiger partial charge is 0.267 e. The highest BCUT2D eigenvalue weighted by atomic mass is 32.2. The number of nitrogens with zero attached hydrogens (tertiary/aromatic N) is 2. The van der Waals surface area contributed by atoms with Crippen molar-refractivity contribution >= 4 is 33.2 Å². The van der Waals surface area contributed by atoms with Gasteiger partial charge in [0.1, 0.15) is 11.5 Å². The number of amides is 2. The van der Waals surface area contributed by atoms with Crippen molar-refractivity contribution in [2.75, 3.05) is 38.0 Å². The van der Waals surface area contributed by atoms with E-state index in [-0.39, 0.29) is 23.0 Å². The van der Waals surface area contributed by atoms with Crippen LogP contribution in [0.2, 0.25) is 0 Å². The molecule has 9 nitrogen and oxygen atoms in total. The maximum Gasteiger partial charge on any atom is 0.267 e. The quantitative estimate of drug-likeness (QED) is 0.770. The van der Waals surface area contributed by atoms with Gasteiger partial charge in [0.2, 0.25) is 15.9 Å². The lowest BCUT2D eigenvalue weighted by atomic mass is 10.1. The number of hydrogen-bond donors (Lipinski definition) is 1. The lowest BCUT2D eigenvalue weighted by Crippen LogP contribution is -2.48. The molecule has 0 radical (unpaired) electrons. The van der Waals surface area contributed by atoms with Crippen LogP contribution < -0.4 is 19.7 Å². The van der Waals surface area contributed by atoms with Gasteiger partial charge in [0.25, 0.3) is 5.91 Å². The van der Waals surface area contributed by atoms with Gasteiger partial charge in [-0.25, -0.2) is 12.7 Å². The molecule has 0 spiro atoms. The van der Waals surface area contributed by atoms with Crippen LogP contribution >= 0.6 is 0 Å². The molecule has 2 aromatic rings. The normalized spacial score (nSPS) is 15.9. The van der Waals surface area contributed by atoms with Crippen LogP contribution in [0.25, 0.3) is 0 Å².